The van der Waals surface area contributed by atoms with E-state index >= 15 is 0 Å². The Morgan fingerprint density at radius 1 is 1.31 bits per heavy atom. The van der Waals surface area contributed by atoms with Crippen molar-refractivity contribution in [2.75, 3.05) is 11.4 Å². The highest BCUT2D eigenvalue weighted by Crippen LogP contribution is 2.35. The van der Waals surface area contributed by atoms with Crippen molar-refractivity contribution in [1.82, 2.24) is 0 Å². The molecule has 0 radical (unpaired) electrons. The third-order valence-electron chi connectivity index (χ3n) is 3.32. The summed E-state index contributed by atoms with van der Waals surface area (Å²) in [6.07, 6.45) is 3.04. The van der Waals surface area contributed by atoms with E-state index in [2.05, 4.69) is 30.0 Å². The monoisotopic (exact) mass is 219 g/mol. The molecule has 1 fully saturated rings. The van der Waals surface area contributed by atoms with Gasteiger partial charge in [-0.3, -0.25) is 0 Å². The normalized spacial score (nSPS) is 17.2. The second-order valence-electron chi connectivity index (χ2n) is 4.50. The predicted molar refractivity (Wildman–Crippen MR) is 67.7 cm³/mol. The molecule has 2 nitrogen and oxygen atoms in total. The predicted octanol–water partition coefficient (Wildman–Crippen LogP) is 3.12. The molecule has 0 unspecified atom stereocenters. The molecule has 1 saturated carbocycles. The molecule has 1 aliphatic rings. The SMILES string of the molecule is CC[C@H](O)c1ccccc1N(CC)C1CC1. The summed E-state index contributed by atoms with van der Waals surface area (Å²) in [5.41, 5.74) is 2.31. The van der Waals surface area contributed by atoms with Crippen molar-refractivity contribution >= 4 is 5.69 Å². The minimum absolute atomic E-state index is 0.330. The third kappa shape index (κ3) is 2.22. The van der Waals surface area contributed by atoms with Crippen LogP contribution in [0.4, 0.5) is 5.69 Å². The fourth-order valence-corrected chi connectivity index (χ4v) is 2.26. The lowest BCUT2D eigenvalue weighted by Gasteiger charge is -2.27. The summed E-state index contributed by atoms with van der Waals surface area (Å²) >= 11 is 0. The molecule has 0 bridgehead atoms. The van der Waals surface area contributed by atoms with Crippen LogP contribution in [0.5, 0.6) is 0 Å². The van der Waals surface area contributed by atoms with Crippen molar-refractivity contribution < 1.29 is 5.11 Å². The standard InChI is InChI=1S/C14H21NO/c1-3-14(16)12-7-5-6-8-13(12)15(4-2)11-9-10-11/h5-8,11,14,16H,3-4,9-10H2,1-2H3/t14-/m0/s1. The molecule has 0 aromatic heterocycles. The molecule has 1 aromatic rings. The molecular formula is C14H21NO. The number of aliphatic hydroxyl groups is 1. The van der Waals surface area contributed by atoms with E-state index in [9.17, 15) is 5.11 Å². The number of aliphatic hydroxyl groups excluding tert-OH is 1. The molecule has 0 spiro atoms. The van der Waals surface area contributed by atoms with E-state index < -0.39 is 0 Å². The molecule has 16 heavy (non-hydrogen) atoms. The molecule has 2 heteroatoms. The average molecular weight is 219 g/mol. The van der Waals surface area contributed by atoms with E-state index in [4.69, 9.17) is 0 Å². The summed E-state index contributed by atoms with van der Waals surface area (Å²) in [6.45, 7) is 5.24. The average Bonchev–Trinajstić information content (AvgIpc) is 3.14. The topological polar surface area (TPSA) is 23.5 Å². The molecule has 0 heterocycles. The second-order valence-corrected chi connectivity index (χ2v) is 4.50. The van der Waals surface area contributed by atoms with Gasteiger partial charge in [-0.05, 0) is 32.3 Å². The van der Waals surface area contributed by atoms with Crippen molar-refractivity contribution in [3.05, 3.63) is 29.8 Å². The Morgan fingerprint density at radius 2 is 2.00 bits per heavy atom. The fraction of sp³-hybridized carbons (Fsp3) is 0.571. The molecule has 1 aromatic carbocycles. The molecular weight excluding hydrogens is 198 g/mol. The first kappa shape index (κ1) is 11.5. The van der Waals surface area contributed by atoms with Crippen molar-refractivity contribution in [2.45, 2.75) is 45.3 Å². The van der Waals surface area contributed by atoms with Crippen LogP contribution in [0.25, 0.3) is 0 Å². The van der Waals surface area contributed by atoms with Gasteiger partial charge in [-0.1, -0.05) is 25.1 Å². The minimum Gasteiger partial charge on any atom is -0.388 e. The highest BCUT2D eigenvalue weighted by molar-refractivity contribution is 5.56. The largest absolute Gasteiger partial charge is 0.388 e. The molecule has 88 valence electrons. The number of rotatable bonds is 5. The summed E-state index contributed by atoms with van der Waals surface area (Å²) in [5, 5.41) is 10.0. The smallest absolute Gasteiger partial charge is 0.0807 e. The molecule has 0 amide bonds. The maximum Gasteiger partial charge on any atom is 0.0807 e. The van der Waals surface area contributed by atoms with Crippen molar-refractivity contribution in [3.63, 3.8) is 0 Å². The number of hydrogen-bond donors (Lipinski definition) is 1. The zero-order valence-corrected chi connectivity index (χ0v) is 10.2. The van der Waals surface area contributed by atoms with Gasteiger partial charge < -0.3 is 10.0 Å². The summed E-state index contributed by atoms with van der Waals surface area (Å²) in [7, 11) is 0. The van der Waals surface area contributed by atoms with Gasteiger partial charge in [0.25, 0.3) is 0 Å². The van der Waals surface area contributed by atoms with E-state index in [1.165, 1.54) is 18.5 Å². The Bertz CT molecular complexity index is 346. The van der Waals surface area contributed by atoms with E-state index in [1.807, 2.05) is 13.0 Å². The molecule has 0 aliphatic heterocycles. The van der Waals surface area contributed by atoms with Gasteiger partial charge in [0.05, 0.1) is 6.10 Å². The molecule has 0 saturated heterocycles. The number of hydrogen-bond acceptors (Lipinski definition) is 2. The third-order valence-corrected chi connectivity index (χ3v) is 3.32. The fourth-order valence-electron chi connectivity index (χ4n) is 2.26. The van der Waals surface area contributed by atoms with E-state index in [0.29, 0.717) is 6.04 Å². The van der Waals surface area contributed by atoms with Gasteiger partial charge in [0, 0.05) is 23.8 Å². The number of benzene rings is 1. The Balaban J connectivity index is 2.30. The van der Waals surface area contributed by atoms with Gasteiger partial charge in [-0.2, -0.15) is 0 Å². The van der Waals surface area contributed by atoms with Crippen molar-refractivity contribution in [3.8, 4) is 0 Å². The highest BCUT2D eigenvalue weighted by atomic mass is 16.3. The molecule has 1 aliphatic carbocycles. The lowest BCUT2D eigenvalue weighted by Crippen LogP contribution is -2.26. The zero-order valence-electron chi connectivity index (χ0n) is 10.2. The Labute approximate surface area is 97.9 Å². The van der Waals surface area contributed by atoms with Crippen LogP contribution >= 0.6 is 0 Å². The van der Waals surface area contributed by atoms with Crippen LogP contribution in [0.2, 0.25) is 0 Å². The van der Waals surface area contributed by atoms with Crippen LogP contribution in [-0.4, -0.2) is 17.7 Å². The van der Waals surface area contributed by atoms with Gasteiger partial charge in [-0.15, -0.1) is 0 Å². The van der Waals surface area contributed by atoms with Crippen LogP contribution in [-0.2, 0) is 0 Å². The summed E-state index contributed by atoms with van der Waals surface area (Å²) in [5.74, 6) is 0. The van der Waals surface area contributed by atoms with Crippen LogP contribution < -0.4 is 4.90 Å². The number of para-hydroxylation sites is 1. The summed E-state index contributed by atoms with van der Waals surface area (Å²) < 4.78 is 0. The molecule has 1 atom stereocenters. The van der Waals surface area contributed by atoms with Crippen LogP contribution in [0.15, 0.2) is 24.3 Å². The number of anilines is 1. The quantitative estimate of drug-likeness (QED) is 0.822. The lowest BCUT2D eigenvalue weighted by atomic mass is 10.0. The first-order valence-corrected chi connectivity index (χ1v) is 6.31. The Kier molecular flexibility index (Phi) is 3.49. The van der Waals surface area contributed by atoms with Gasteiger partial charge in [0.1, 0.15) is 0 Å². The first-order chi connectivity index (χ1) is 7.77. The van der Waals surface area contributed by atoms with Crippen LogP contribution in [0.3, 0.4) is 0 Å². The van der Waals surface area contributed by atoms with Gasteiger partial charge in [0.2, 0.25) is 0 Å². The molecule has 1 N–H and O–H groups in total. The minimum atomic E-state index is -0.330. The summed E-state index contributed by atoms with van der Waals surface area (Å²) in [4.78, 5) is 2.42. The lowest BCUT2D eigenvalue weighted by molar-refractivity contribution is 0.174. The zero-order chi connectivity index (χ0) is 11.5. The van der Waals surface area contributed by atoms with E-state index in [-0.39, 0.29) is 6.10 Å². The Hall–Kier alpha value is -1.02. The van der Waals surface area contributed by atoms with Crippen molar-refractivity contribution in [2.24, 2.45) is 0 Å². The van der Waals surface area contributed by atoms with E-state index in [0.717, 1.165) is 18.5 Å². The maximum atomic E-state index is 10.0. The summed E-state index contributed by atoms with van der Waals surface area (Å²) in [6, 6.07) is 8.96. The van der Waals surface area contributed by atoms with E-state index in [1.54, 1.807) is 0 Å². The van der Waals surface area contributed by atoms with Crippen LogP contribution in [0, 0.1) is 0 Å². The van der Waals surface area contributed by atoms with Gasteiger partial charge in [0.15, 0.2) is 0 Å². The second kappa shape index (κ2) is 4.88. The Morgan fingerprint density at radius 3 is 2.56 bits per heavy atom. The first-order valence-electron chi connectivity index (χ1n) is 6.31. The van der Waals surface area contributed by atoms with Crippen molar-refractivity contribution in [1.29, 1.82) is 0 Å². The van der Waals surface area contributed by atoms with Gasteiger partial charge in [-0.25, -0.2) is 0 Å². The van der Waals surface area contributed by atoms with Gasteiger partial charge >= 0.3 is 0 Å². The van der Waals surface area contributed by atoms with Crippen LogP contribution in [0.1, 0.15) is 44.8 Å². The maximum absolute atomic E-state index is 10.0. The number of nitrogens with zero attached hydrogens (tertiary/aromatic N) is 1. The molecule has 2 rings (SSSR count). The highest BCUT2D eigenvalue weighted by Gasteiger charge is 2.29.